The van der Waals surface area contributed by atoms with Gasteiger partial charge in [0.05, 0.1) is 34.4 Å². The number of hydrogen-bond donors (Lipinski definition) is 8. The predicted octanol–water partition coefficient (Wildman–Crippen LogP) is 7.00. The van der Waals surface area contributed by atoms with Gasteiger partial charge in [-0.05, 0) is 48.0 Å². The molecule has 354 valence electrons. The molecule has 0 saturated carbocycles. The van der Waals surface area contributed by atoms with E-state index in [-0.39, 0.29) is 9.13 Å². The highest BCUT2D eigenvalue weighted by Gasteiger charge is 2.43. The smallest absolute Gasteiger partial charge is 0.420 e. The van der Waals surface area contributed by atoms with Crippen LogP contribution in [0, 0.1) is 17.9 Å². The van der Waals surface area contributed by atoms with Crippen LogP contribution in [-0.4, -0.2) is 85.1 Å². The molecule has 0 unspecified atom stereocenters. The molecule has 0 bridgehead atoms. The third-order valence-electron chi connectivity index (χ3n) is 8.73. The Balaban J connectivity index is 1.51. The molecule has 32 heteroatoms. The Hall–Kier alpha value is -9.78. The number of azo groups is 2. The number of benzene rings is 2. The number of nitriles is 1. The zero-order valence-electron chi connectivity index (χ0n) is 33.3. The van der Waals surface area contributed by atoms with Crippen molar-refractivity contribution in [3.05, 3.63) is 119 Å². The Morgan fingerprint density at radius 3 is 1.71 bits per heavy atom. The van der Waals surface area contributed by atoms with Crippen molar-refractivity contribution in [2.45, 2.75) is 18.9 Å². The van der Waals surface area contributed by atoms with Gasteiger partial charge in [0.1, 0.15) is 34.4 Å². The highest BCUT2D eigenvalue weighted by atomic mass is 35.5. The zero-order chi connectivity index (χ0) is 51.4. The minimum Gasteiger partial charge on any atom is -0.502 e. The number of aromatic carboxylic acids is 4. The van der Waals surface area contributed by atoms with Crippen molar-refractivity contribution in [1.82, 2.24) is 24.1 Å². The van der Waals surface area contributed by atoms with E-state index in [0.717, 1.165) is 30.3 Å². The van der Waals surface area contributed by atoms with Crippen LogP contribution >= 0.6 is 11.6 Å². The van der Waals surface area contributed by atoms with E-state index in [1.54, 1.807) is 0 Å². The summed E-state index contributed by atoms with van der Waals surface area (Å²) in [6, 6.07) is 5.40. The third kappa shape index (κ3) is 10.5. The van der Waals surface area contributed by atoms with Crippen LogP contribution < -0.4 is 21.8 Å². The number of aromatic hydroxyl groups is 2. The van der Waals surface area contributed by atoms with Gasteiger partial charge >= 0.3 is 36.2 Å². The number of rotatable bonds is 15. The number of halogens is 7. The molecule has 5 aromatic rings. The Kier molecular flexibility index (Phi) is 14.1. The standard InChI is InChI=1S/C37H20ClF6N13O12/c1-12(57-27(60)22(46-2)21(37(42,43)44)24(28(57)61)55-53-19-10-14(30(64)65)4-6-16(19)32(68)69)48-35-50-33(38)49-34(51-35)47-7-8-56-25(58)17(11-45)20(36(39,40)41)23(26(56)59)54-52-18-9-13(29(62)63)3-5-15(18)31(66)67/h3-6,9-10,58,60H,1,7-8H2,(H,62,63)(H,64,65)(H,66,67)(H,68,69)(H2,47,48,49,50,51). The fraction of sp³-hybridized carbons (Fsp3) is 0.108. The van der Waals surface area contributed by atoms with Gasteiger partial charge < -0.3 is 41.3 Å². The van der Waals surface area contributed by atoms with Crippen LogP contribution in [0.3, 0.4) is 0 Å². The lowest BCUT2D eigenvalue weighted by Crippen LogP contribution is -2.28. The molecule has 0 atom stereocenters. The van der Waals surface area contributed by atoms with E-state index in [1.165, 1.54) is 0 Å². The topological polar surface area (TPSA) is 374 Å². The summed E-state index contributed by atoms with van der Waals surface area (Å²) < 4.78 is 86.2. The summed E-state index contributed by atoms with van der Waals surface area (Å²) in [5, 5.41) is 85.7. The van der Waals surface area contributed by atoms with E-state index in [9.17, 15) is 91.0 Å². The fourth-order valence-electron chi connectivity index (χ4n) is 5.75. The molecule has 0 amide bonds. The first-order valence-corrected chi connectivity index (χ1v) is 18.2. The van der Waals surface area contributed by atoms with Crippen LogP contribution in [0.15, 0.2) is 73.0 Å². The molecule has 2 aromatic carbocycles. The highest BCUT2D eigenvalue weighted by Crippen LogP contribution is 2.46. The van der Waals surface area contributed by atoms with Crippen molar-refractivity contribution in [3.63, 3.8) is 0 Å². The van der Waals surface area contributed by atoms with E-state index in [4.69, 9.17) is 18.2 Å². The average Bonchev–Trinajstić information content (AvgIpc) is 3.25. The quantitative estimate of drug-likeness (QED) is 0.0297. The van der Waals surface area contributed by atoms with E-state index in [1.807, 2.05) is 0 Å². The molecular formula is C37H20ClF6N13O12. The minimum absolute atomic E-state index is 0.0552. The first-order valence-electron chi connectivity index (χ1n) is 17.8. The molecular weight excluding hydrogens is 968 g/mol. The first-order chi connectivity index (χ1) is 32.2. The molecule has 0 spiro atoms. The second-order valence-corrected chi connectivity index (χ2v) is 13.3. The Morgan fingerprint density at radius 2 is 1.26 bits per heavy atom. The zero-order valence-corrected chi connectivity index (χ0v) is 34.0. The Bertz CT molecular complexity index is 3320. The maximum Gasteiger partial charge on any atom is 0.420 e. The van der Waals surface area contributed by atoms with E-state index in [2.05, 4.69) is 57.5 Å². The van der Waals surface area contributed by atoms with Crippen molar-refractivity contribution in [2.75, 3.05) is 17.2 Å². The number of hydrogen-bond acceptors (Lipinski definition) is 18. The minimum atomic E-state index is -5.63. The Labute approximate surface area is 380 Å². The average molecular weight is 988 g/mol. The molecule has 0 saturated heterocycles. The highest BCUT2D eigenvalue weighted by molar-refractivity contribution is 6.28. The number of anilines is 2. The molecule has 0 radical (unpaired) electrons. The van der Waals surface area contributed by atoms with Gasteiger partial charge in [0, 0.05) is 13.1 Å². The number of nitrogens with one attached hydrogen (secondary N) is 2. The van der Waals surface area contributed by atoms with Gasteiger partial charge in [0.15, 0.2) is 11.4 Å². The van der Waals surface area contributed by atoms with Crippen LogP contribution in [0.25, 0.3) is 10.7 Å². The lowest BCUT2D eigenvalue weighted by molar-refractivity contribution is -0.138. The third-order valence-corrected chi connectivity index (χ3v) is 8.89. The number of aromatic nitrogens is 5. The summed E-state index contributed by atoms with van der Waals surface area (Å²) >= 11 is 5.97. The molecule has 69 heavy (non-hydrogen) atoms. The van der Waals surface area contributed by atoms with Gasteiger partial charge in [-0.2, -0.15) is 46.6 Å². The van der Waals surface area contributed by atoms with Crippen molar-refractivity contribution in [3.8, 4) is 17.8 Å². The van der Waals surface area contributed by atoms with Crippen molar-refractivity contribution in [1.29, 1.82) is 5.26 Å². The second-order valence-electron chi connectivity index (χ2n) is 13.0. The summed E-state index contributed by atoms with van der Waals surface area (Å²) in [6.45, 7) is 9.20. The second kappa shape index (κ2) is 19.4. The summed E-state index contributed by atoms with van der Waals surface area (Å²) in [5.41, 5.74) is -19.1. The molecule has 0 aliphatic rings. The number of nitrogens with zero attached hydrogens (tertiary/aromatic N) is 11. The lowest BCUT2D eigenvalue weighted by atomic mass is 10.1. The molecule has 3 heterocycles. The molecule has 5 rings (SSSR count). The largest absolute Gasteiger partial charge is 0.502 e. The van der Waals surface area contributed by atoms with Gasteiger partial charge in [0.25, 0.3) is 16.8 Å². The molecule has 0 fully saturated rings. The number of carboxylic acids is 4. The van der Waals surface area contributed by atoms with Gasteiger partial charge in [0.2, 0.25) is 28.9 Å². The lowest BCUT2D eigenvalue weighted by Gasteiger charge is -2.18. The number of carbonyl (C=O) groups is 4. The van der Waals surface area contributed by atoms with E-state index < -0.39 is 163 Å². The normalized spacial score (nSPS) is 11.6. The number of pyridine rings is 2. The van der Waals surface area contributed by atoms with Crippen molar-refractivity contribution < 1.29 is 76.2 Å². The van der Waals surface area contributed by atoms with Crippen LogP contribution in [0.2, 0.25) is 5.28 Å². The van der Waals surface area contributed by atoms with Gasteiger partial charge in [-0.25, -0.2) is 28.6 Å². The number of alkyl halides is 6. The van der Waals surface area contributed by atoms with Crippen molar-refractivity contribution >= 4 is 81.6 Å². The summed E-state index contributed by atoms with van der Waals surface area (Å²) in [4.78, 5) is 87.3. The van der Waals surface area contributed by atoms with Crippen LogP contribution in [-0.2, 0) is 18.9 Å². The van der Waals surface area contributed by atoms with Crippen molar-refractivity contribution in [2.24, 2.45) is 20.5 Å². The van der Waals surface area contributed by atoms with Gasteiger partial charge in [-0.1, -0.05) is 6.58 Å². The monoisotopic (exact) mass is 987 g/mol. The molecule has 0 aliphatic carbocycles. The molecule has 25 nitrogen and oxygen atoms in total. The van der Waals surface area contributed by atoms with E-state index in [0.29, 0.717) is 12.1 Å². The summed E-state index contributed by atoms with van der Waals surface area (Å²) in [6.07, 6.45) is -11.2. The van der Waals surface area contributed by atoms with Crippen LogP contribution in [0.4, 0.5) is 66.7 Å². The fourth-order valence-corrected chi connectivity index (χ4v) is 5.91. The molecule has 3 aromatic heterocycles. The first kappa shape index (κ1) is 50.2. The maximum atomic E-state index is 14.4. The van der Waals surface area contributed by atoms with E-state index >= 15 is 0 Å². The SMILES string of the molecule is [C-]#[N+]c1c(C(F)(F)F)c(N=Nc2cc(C(=O)O)ccc2C(=O)O)c(=O)n(C(=C)Nc2nc(Cl)nc(NCCn3c(O)c(C#N)c(C(F)(F)F)c(N=Nc4cc(C(=O)O)ccc4C(=O)O)c3=O)n2)c1O. The van der Waals surface area contributed by atoms with Gasteiger partial charge in [-0.15, -0.1) is 20.5 Å². The van der Waals surface area contributed by atoms with Crippen LogP contribution in [0.5, 0.6) is 11.8 Å². The molecule has 8 N–H and O–H groups in total. The summed E-state index contributed by atoms with van der Waals surface area (Å²) in [7, 11) is 0. The van der Waals surface area contributed by atoms with Gasteiger partial charge in [-0.3, -0.25) is 14.2 Å². The predicted molar refractivity (Wildman–Crippen MR) is 217 cm³/mol. The van der Waals surface area contributed by atoms with Crippen LogP contribution in [0.1, 0.15) is 58.1 Å². The molecule has 0 aliphatic heterocycles. The summed E-state index contributed by atoms with van der Waals surface area (Å²) in [5.74, 6) is -12.3. The number of carboxylic acid groups (broad SMARTS) is 4. The Morgan fingerprint density at radius 1 is 0.768 bits per heavy atom. The maximum absolute atomic E-state index is 14.4.